The number of hydrogen-bond donors (Lipinski definition) is 0. The van der Waals surface area contributed by atoms with Gasteiger partial charge in [-0.15, -0.1) is 0 Å². The predicted octanol–water partition coefficient (Wildman–Crippen LogP) is 5.62. The number of rotatable bonds is 7. The minimum absolute atomic E-state index is 0.636. The van der Waals surface area contributed by atoms with Crippen molar-refractivity contribution in [3.8, 4) is 0 Å². The SMILES string of the molecule is CC/C=C1/C(CCC)=C(CCC)OCC1CCC. The van der Waals surface area contributed by atoms with Crippen molar-refractivity contribution in [1.82, 2.24) is 0 Å². The molecule has 18 heavy (non-hydrogen) atoms. The van der Waals surface area contributed by atoms with Gasteiger partial charge in [-0.05, 0) is 36.8 Å². The van der Waals surface area contributed by atoms with Gasteiger partial charge in [-0.1, -0.05) is 46.6 Å². The van der Waals surface area contributed by atoms with E-state index in [9.17, 15) is 0 Å². The van der Waals surface area contributed by atoms with Gasteiger partial charge in [0.1, 0.15) is 0 Å². The van der Waals surface area contributed by atoms with Crippen molar-refractivity contribution in [1.29, 1.82) is 0 Å². The van der Waals surface area contributed by atoms with Gasteiger partial charge in [0.25, 0.3) is 0 Å². The van der Waals surface area contributed by atoms with Crippen molar-refractivity contribution in [3.05, 3.63) is 23.0 Å². The van der Waals surface area contributed by atoms with Crippen molar-refractivity contribution in [2.75, 3.05) is 6.61 Å². The third-order valence-corrected chi connectivity index (χ3v) is 3.62. The van der Waals surface area contributed by atoms with Crippen LogP contribution in [-0.4, -0.2) is 6.61 Å². The Hall–Kier alpha value is -0.720. The Morgan fingerprint density at radius 2 is 1.78 bits per heavy atom. The van der Waals surface area contributed by atoms with Gasteiger partial charge >= 0.3 is 0 Å². The third-order valence-electron chi connectivity index (χ3n) is 3.62. The molecule has 1 heteroatoms. The highest BCUT2D eigenvalue weighted by molar-refractivity contribution is 5.37. The van der Waals surface area contributed by atoms with Gasteiger partial charge in [-0.25, -0.2) is 0 Å². The summed E-state index contributed by atoms with van der Waals surface area (Å²) in [5.74, 6) is 1.92. The minimum atomic E-state index is 0.636. The third kappa shape index (κ3) is 3.90. The molecule has 1 aliphatic heterocycles. The van der Waals surface area contributed by atoms with Crippen LogP contribution < -0.4 is 0 Å². The molecule has 0 radical (unpaired) electrons. The van der Waals surface area contributed by atoms with Crippen LogP contribution >= 0.6 is 0 Å². The second-order valence-electron chi connectivity index (χ2n) is 5.27. The molecule has 0 aliphatic carbocycles. The van der Waals surface area contributed by atoms with Crippen LogP contribution in [0.15, 0.2) is 23.0 Å². The quantitative estimate of drug-likeness (QED) is 0.569. The largest absolute Gasteiger partial charge is 0.497 e. The summed E-state index contributed by atoms with van der Waals surface area (Å²) in [6.07, 6.45) is 10.8. The van der Waals surface area contributed by atoms with Gasteiger partial charge < -0.3 is 4.74 Å². The Labute approximate surface area is 113 Å². The van der Waals surface area contributed by atoms with Crippen molar-refractivity contribution < 1.29 is 4.74 Å². The molecule has 0 spiro atoms. The highest BCUT2D eigenvalue weighted by atomic mass is 16.5. The topological polar surface area (TPSA) is 9.23 Å². The average Bonchev–Trinajstić information content (AvgIpc) is 2.37. The van der Waals surface area contributed by atoms with E-state index in [-0.39, 0.29) is 0 Å². The van der Waals surface area contributed by atoms with E-state index in [1.165, 1.54) is 43.4 Å². The zero-order chi connectivity index (χ0) is 13.4. The van der Waals surface area contributed by atoms with Gasteiger partial charge in [0.2, 0.25) is 0 Å². The summed E-state index contributed by atoms with van der Waals surface area (Å²) in [4.78, 5) is 0. The molecule has 0 aromatic rings. The first-order valence-electron chi connectivity index (χ1n) is 7.83. The molecule has 1 rings (SSSR count). The van der Waals surface area contributed by atoms with Gasteiger partial charge in [-0.2, -0.15) is 0 Å². The van der Waals surface area contributed by atoms with Crippen LogP contribution in [0.2, 0.25) is 0 Å². The standard InChI is InChI=1S/C17H30O/c1-5-9-14-13-18-17(12-8-4)16(11-7-3)15(14)10-6-2/h10,14H,5-9,11-13H2,1-4H3/b15-10+. The maximum atomic E-state index is 6.06. The summed E-state index contributed by atoms with van der Waals surface area (Å²) < 4.78 is 6.06. The average molecular weight is 250 g/mol. The lowest BCUT2D eigenvalue weighted by Gasteiger charge is -2.31. The van der Waals surface area contributed by atoms with Crippen LogP contribution in [0, 0.1) is 5.92 Å². The molecule has 104 valence electrons. The second-order valence-corrected chi connectivity index (χ2v) is 5.27. The maximum absolute atomic E-state index is 6.06. The molecule has 0 fully saturated rings. The zero-order valence-electron chi connectivity index (χ0n) is 12.7. The molecular formula is C17H30O. The van der Waals surface area contributed by atoms with E-state index in [2.05, 4.69) is 33.8 Å². The molecule has 0 saturated heterocycles. The maximum Gasteiger partial charge on any atom is 0.0994 e. The summed E-state index contributed by atoms with van der Waals surface area (Å²) >= 11 is 0. The lowest BCUT2D eigenvalue weighted by atomic mass is 9.83. The minimum Gasteiger partial charge on any atom is -0.497 e. The van der Waals surface area contributed by atoms with Crippen LogP contribution in [0.1, 0.15) is 72.6 Å². The molecule has 0 aromatic heterocycles. The molecule has 1 heterocycles. The van der Waals surface area contributed by atoms with E-state index in [4.69, 9.17) is 4.74 Å². The Morgan fingerprint density at radius 3 is 2.33 bits per heavy atom. The summed E-state index contributed by atoms with van der Waals surface area (Å²) in [7, 11) is 0. The van der Waals surface area contributed by atoms with Crippen molar-refractivity contribution >= 4 is 0 Å². The van der Waals surface area contributed by atoms with Crippen LogP contribution in [0.5, 0.6) is 0 Å². The smallest absolute Gasteiger partial charge is 0.0994 e. The highest BCUT2D eigenvalue weighted by Gasteiger charge is 2.25. The molecule has 1 nitrogen and oxygen atoms in total. The Bertz CT molecular complexity index is 299. The normalized spacial score (nSPS) is 22.4. The molecule has 0 saturated carbocycles. The van der Waals surface area contributed by atoms with Gasteiger partial charge in [0, 0.05) is 12.3 Å². The highest BCUT2D eigenvalue weighted by Crippen LogP contribution is 2.36. The van der Waals surface area contributed by atoms with Crippen molar-refractivity contribution in [3.63, 3.8) is 0 Å². The van der Waals surface area contributed by atoms with Crippen LogP contribution in [0.3, 0.4) is 0 Å². The van der Waals surface area contributed by atoms with Gasteiger partial charge in [-0.3, -0.25) is 0 Å². The van der Waals surface area contributed by atoms with Crippen LogP contribution in [-0.2, 0) is 4.74 Å². The molecule has 1 atom stereocenters. The second kappa shape index (κ2) is 8.39. The molecule has 0 N–H and O–H groups in total. The van der Waals surface area contributed by atoms with E-state index in [0.29, 0.717) is 5.92 Å². The fraction of sp³-hybridized carbons (Fsp3) is 0.765. The molecule has 1 unspecified atom stereocenters. The molecule has 0 bridgehead atoms. The van der Waals surface area contributed by atoms with Gasteiger partial charge in [0.15, 0.2) is 0 Å². The Kier molecular flexibility index (Phi) is 7.15. The first-order chi connectivity index (χ1) is 8.78. The van der Waals surface area contributed by atoms with E-state index >= 15 is 0 Å². The molecule has 0 aromatic carbocycles. The summed E-state index contributed by atoms with van der Waals surface area (Å²) in [6.45, 7) is 9.93. The first kappa shape index (κ1) is 15.3. The fourth-order valence-electron chi connectivity index (χ4n) is 2.87. The van der Waals surface area contributed by atoms with Crippen molar-refractivity contribution in [2.24, 2.45) is 5.92 Å². The van der Waals surface area contributed by atoms with Crippen LogP contribution in [0.4, 0.5) is 0 Å². The summed E-state index contributed by atoms with van der Waals surface area (Å²) in [6, 6.07) is 0. The lowest BCUT2D eigenvalue weighted by Crippen LogP contribution is -2.21. The van der Waals surface area contributed by atoms with Gasteiger partial charge in [0.05, 0.1) is 12.4 Å². The predicted molar refractivity (Wildman–Crippen MR) is 79.6 cm³/mol. The molecular weight excluding hydrogens is 220 g/mol. The van der Waals surface area contributed by atoms with E-state index in [0.717, 1.165) is 19.4 Å². The number of ether oxygens (including phenoxy) is 1. The lowest BCUT2D eigenvalue weighted by molar-refractivity contribution is 0.147. The van der Waals surface area contributed by atoms with Crippen LogP contribution in [0.25, 0.3) is 0 Å². The Morgan fingerprint density at radius 1 is 1.06 bits per heavy atom. The molecule has 1 aliphatic rings. The van der Waals surface area contributed by atoms with Crippen molar-refractivity contribution in [2.45, 2.75) is 72.6 Å². The first-order valence-corrected chi connectivity index (χ1v) is 7.83. The molecule has 0 amide bonds. The zero-order valence-corrected chi connectivity index (χ0v) is 12.7. The fourth-order valence-corrected chi connectivity index (χ4v) is 2.87. The summed E-state index contributed by atoms with van der Waals surface area (Å²) in [5.41, 5.74) is 3.14. The van der Waals surface area contributed by atoms with E-state index in [1.807, 2.05) is 0 Å². The Balaban J connectivity index is 3.01. The van der Waals surface area contributed by atoms with E-state index < -0.39 is 0 Å². The number of allylic oxidation sites excluding steroid dienone is 3. The van der Waals surface area contributed by atoms with E-state index in [1.54, 1.807) is 5.57 Å². The summed E-state index contributed by atoms with van der Waals surface area (Å²) in [5, 5.41) is 0. The number of hydrogen-bond acceptors (Lipinski definition) is 1. The monoisotopic (exact) mass is 250 g/mol.